The summed E-state index contributed by atoms with van der Waals surface area (Å²) in [5, 5.41) is 3.13. The van der Waals surface area contributed by atoms with E-state index < -0.39 is 6.04 Å². The Labute approximate surface area is 141 Å². The quantitative estimate of drug-likeness (QED) is 0.790. The lowest BCUT2D eigenvalue weighted by Crippen LogP contribution is -2.36. The fraction of sp³-hybridized carbons (Fsp3) is 0.368. The number of halogens is 1. The zero-order valence-electron chi connectivity index (χ0n) is 14.7. The van der Waals surface area contributed by atoms with Crippen LogP contribution in [0.25, 0.3) is 0 Å². The van der Waals surface area contributed by atoms with Gasteiger partial charge in [-0.1, -0.05) is 18.2 Å². The van der Waals surface area contributed by atoms with E-state index in [-0.39, 0.29) is 23.4 Å². The van der Waals surface area contributed by atoms with Crippen LogP contribution in [0, 0.1) is 19.7 Å². The van der Waals surface area contributed by atoms with Gasteiger partial charge >= 0.3 is 0 Å². The van der Waals surface area contributed by atoms with E-state index in [1.165, 1.54) is 13.0 Å². The highest BCUT2D eigenvalue weighted by Crippen LogP contribution is 2.21. The molecule has 128 valence electrons. The van der Waals surface area contributed by atoms with E-state index in [0.29, 0.717) is 28.1 Å². The van der Waals surface area contributed by atoms with Crippen molar-refractivity contribution >= 4 is 11.6 Å². The van der Waals surface area contributed by atoms with Gasteiger partial charge in [0.05, 0.1) is 11.7 Å². The molecule has 0 radical (unpaired) electrons. The zero-order chi connectivity index (χ0) is 18.0. The number of carbonyl (C=O) groups excluding carboxylic acids is 2. The van der Waals surface area contributed by atoms with Crippen LogP contribution in [0.3, 0.4) is 0 Å². The Balaban J connectivity index is 2.20. The molecule has 0 saturated heterocycles. The van der Waals surface area contributed by atoms with Crippen molar-refractivity contribution < 1.29 is 14.0 Å². The number of hydrogen-bond acceptors (Lipinski definition) is 3. The maximum absolute atomic E-state index is 13.9. The molecule has 24 heavy (non-hydrogen) atoms. The number of aryl methyl sites for hydroxylation is 1. The molecule has 4 nitrogen and oxygen atoms in total. The van der Waals surface area contributed by atoms with E-state index in [1.807, 2.05) is 6.92 Å². The Hall–Kier alpha value is -2.27. The van der Waals surface area contributed by atoms with E-state index in [4.69, 9.17) is 0 Å². The molecular formula is C19H23FN2O2. The van der Waals surface area contributed by atoms with Gasteiger partial charge in [0.1, 0.15) is 5.82 Å². The molecule has 0 aliphatic heterocycles. The Morgan fingerprint density at radius 2 is 1.79 bits per heavy atom. The molecule has 2 atom stereocenters. The average molecular weight is 330 g/mol. The van der Waals surface area contributed by atoms with E-state index in [9.17, 15) is 14.0 Å². The molecule has 1 aromatic carbocycles. The Bertz CT molecular complexity index is 780. The van der Waals surface area contributed by atoms with Gasteiger partial charge < -0.3 is 10.3 Å². The molecule has 0 aliphatic carbocycles. The first-order valence-electron chi connectivity index (χ1n) is 7.98. The Morgan fingerprint density at radius 3 is 2.33 bits per heavy atom. The summed E-state index contributed by atoms with van der Waals surface area (Å²) < 4.78 is 13.9. The van der Waals surface area contributed by atoms with E-state index in [0.717, 1.165) is 0 Å². The highest BCUT2D eigenvalue weighted by molar-refractivity contribution is 6.05. The van der Waals surface area contributed by atoms with Crippen molar-refractivity contribution in [3.63, 3.8) is 0 Å². The van der Waals surface area contributed by atoms with Crippen LogP contribution < -0.4 is 5.32 Å². The first kappa shape index (κ1) is 18.1. The maximum atomic E-state index is 13.9. The van der Waals surface area contributed by atoms with Gasteiger partial charge in [-0.25, -0.2) is 4.39 Å². The van der Waals surface area contributed by atoms with Crippen molar-refractivity contribution in [3.05, 3.63) is 58.2 Å². The van der Waals surface area contributed by atoms with Gasteiger partial charge in [0, 0.05) is 22.9 Å². The average Bonchev–Trinajstić information content (AvgIpc) is 2.81. The Kier molecular flexibility index (Phi) is 5.34. The van der Waals surface area contributed by atoms with Crippen LogP contribution >= 0.6 is 0 Å². The molecule has 0 bridgehead atoms. The number of nitrogens with one attached hydrogen (secondary N) is 2. The smallest absolute Gasteiger partial charge is 0.195 e. The maximum Gasteiger partial charge on any atom is 0.195 e. The number of carbonyl (C=O) groups is 2. The molecule has 0 amide bonds. The van der Waals surface area contributed by atoms with Crippen LogP contribution in [0.15, 0.2) is 24.3 Å². The first-order chi connectivity index (χ1) is 11.2. The largest absolute Gasteiger partial charge is 0.355 e. The zero-order valence-corrected chi connectivity index (χ0v) is 14.7. The van der Waals surface area contributed by atoms with E-state index in [2.05, 4.69) is 10.3 Å². The van der Waals surface area contributed by atoms with Crippen molar-refractivity contribution in [3.8, 4) is 0 Å². The summed E-state index contributed by atoms with van der Waals surface area (Å²) in [6.45, 7) is 8.58. The van der Waals surface area contributed by atoms with Crippen LogP contribution in [0.2, 0.25) is 0 Å². The lowest BCUT2D eigenvalue weighted by molar-refractivity contribution is 0.0940. The van der Waals surface area contributed by atoms with Gasteiger partial charge in [0.15, 0.2) is 11.6 Å². The third-order valence-corrected chi connectivity index (χ3v) is 4.30. The minimum atomic E-state index is -0.517. The number of rotatable bonds is 6. The summed E-state index contributed by atoms with van der Waals surface area (Å²) >= 11 is 0. The minimum Gasteiger partial charge on any atom is -0.355 e. The fourth-order valence-corrected chi connectivity index (χ4v) is 3.11. The van der Waals surface area contributed by atoms with Crippen LogP contribution in [0.1, 0.15) is 64.5 Å². The molecule has 0 spiro atoms. The molecule has 2 N–H and O–H groups in total. The minimum absolute atomic E-state index is 0.0689. The predicted molar refractivity (Wildman–Crippen MR) is 92.0 cm³/mol. The molecule has 0 fully saturated rings. The van der Waals surface area contributed by atoms with Gasteiger partial charge in [-0.2, -0.15) is 0 Å². The molecule has 2 aromatic rings. The van der Waals surface area contributed by atoms with E-state index in [1.54, 1.807) is 39.0 Å². The van der Waals surface area contributed by atoms with Crippen molar-refractivity contribution in [1.29, 1.82) is 0 Å². The van der Waals surface area contributed by atoms with Crippen molar-refractivity contribution in [1.82, 2.24) is 10.3 Å². The topological polar surface area (TPSA) is 62.0 Å². The van der Waals surface area contributed by atoms with E-state index >= 15 is 0 Å². The number of aromatic amines is 1. The summed E-state index contributed by atoms with van der Waals surface area (Å²) in [6.07, 6.45) is 0. The molecule has 2 unspecified atom stereocenters. The molecule has 0 saturated carbocycles. The van der Waals surface area contributed by atoms with Gasteiger partial charge in [-0.15, -0.1) is 0 Å². The summed E-state index contributed by atoms with van der Waals surface area (Å²) in [7, 11) is 0. The summed E-state index contributed by atoms with van der Waals surface area (Å²) in [4.78, 5) is 27.4. The SMILES string of the molecule is CC(=O)c1c(C)[nH]c(C(=O)C(C)NC(C)c2ccccc2F)c1C. The second-order valence-electron chi connectivity index (χ2n) is 6.18. The molecule has 2 rings (SSSR count). The highest BCUT2D eigenvalue weighted by atomic mass is 19.1. The fourth-order valence-electron chi connectivity index (χ4n) is 3.11. The monoisotopic (exact) mass is 330 g/mol. The Morgan fingerprint density at radius 1 is 1.17 bits per heavy atom. The normalized spacial score (nSPS) is 13.6. The first-order valence-corrected chi connectivity index (χ1v) is 7.98. The third kappa shape index (κ3) is 3.46. The van der Waals surface area contributed by atoms with Gasteiger partial charge in [-0.05, 0) is 46.2 Å². The lowest BCUT2D eigenvalue weighted by atomic mass is 10.0. The van der Waals surface area contributed by atoms with Crippen molar-refractivity contribution in [2.45, 2.75) is 46.7 Å². The van der Waals surface area contributed by atoms with Crippen molar-refractivity contribution in [2.75, 3.05) is 0 Å². The number of hydrogen-bond donors (Lipinski definition) is 2. The molecule has 1 heterocycles. The standard InChI is InChI=1S/C19H23FN2O2/c1-10-17(14(5)23)12(3)22-18(10)19(24)13(4)21-11(2)15-8-6-7-9-16(15)20/h6-9,11,13,21-22H,1-5H3. The molecular weight excluding hydrogens is 307 g/mol. The molecule has 0 aliphatic rings. The highest BCUT2D eigenvalue weighted by Gasteiger charge is 2.25. The number of ketones is 2. The van der Waals surface area contributed by atoms with Crippen LogP contribution in [-0.4, -0.2) is 22.6 Å². The molecule has 1 aromatic heterocycles. The lowest BCUT2D eigenvalue weighted by Gasteiger charge is -2.20. The predicted octanol–water partition coefficient (Wildman–Crippen LogP) is 3.90. The summed E-state index contributed by atoms with van der Waals surface area (Å²) in [5.74, 6) is -0.519. The summed E-state index contributed by atoms with van der Waals surface area (Å²) in [6, 6.07) is 5.67. The van der Waals surface area contributed by atoms with Crippen LogP contribution in [0.5, 0.6) is 0 Å². The van der Waals surface area contributed by atoms with Crippen LogP contribution in [0.4, 0.5) is 4.39 Å². The number of aromatic nitrogens is 1. The van der Waals surface area contributed by atoms with Crippen LogP contribution in [-0.2, 0) is 0 Å². The molecule has 5 heteroatoms. The third-order valence-electron chi connectivity index (χ3n) is 4.30. The number of H-pyrrole nitrogens is 1. The van der Waals surface area contributed by atoms with Gasteiger partial charge in [0.25, 0.3) is 0 Å². The van der Waals surface area contributed by atoms with Gasteiger partial charge in [-0.3, -0.25) is 9.59 Å². The van der Waals surface area contributed by atoms with Gasteiger partial charge in [0.2, 0.25) is 0 Å². The number of Topliss-reactive ketones (excluding diaryl/α,β-unsaturated/α-hetero) is 2. The number of benzene rings is 1. The second-order valence-corrected chi connectivity index (χ2v) is 6.18. The summed E-state index contributed by atoms with van der Waals surface area (Å²) in [5.41, 5.74) is 2.86. The van der Waals surface area contributed by atoms with Crippen molar-refractivity contribution in [2.24, 2.45) is 0 Å². The second kappa shape index (κ2) is 7.09.